The van der Waals surface area contributed by atoms with E-state index in [0.29, 0.717) is 24.5 Å². The molecule has 3 rings (SSSR count). The molecule has 2 aromatic carbocycles. The minimum absolute atomic E-state index is 0.0372. The molecule has 0 unspecified atom stereocenters. The van der Waals surface area contributed by atoms with Gasteiger partial charge in [0.2, 0.25) is 5.91 Å². The molecule has 120 valence electrons. The molecule has 0 aromatic heterocycles. The summed E-state index contributed by atoms with van der Waals surface area (Å²) in [5.74, 6) is 1.22. The molecule has 1 heterocycles. The van der Waals surface area contributed by atoms with Gasteiger partial charge in [0, 0.05) is 5.69 Å². The van der Waals surface area contributed by atoms with Crippen molar-refractivity contribution in [2.24, 2.45) is 0 Å². The van der Waals surface area contributed by atoms with Crippen LogP contribution < -0.4 is 14.8 Å². The van der Waals surface area contributed by atoms with Crippen molar-refractivity contribution in [2.75, 3.05) is 19.0 Å². The summed E-state index contributed by atoms with van der Waals surface area (Å²) in [6.45, 7) is 2.49. The van der Waals surface area contributed by atoms with E-state index in [2.05, 4.69) is 21.2 Å². The van der Waals surface area contributed by atoms with Crippen molar-refractivity contribution >= 4 is 27.5 Å². The minimum atomic E-state index is -0.180. The van der Waals surface area contributed by atoms with Crippen molar-refractivity contribution in [3.8, 4) is 11.5 Å². The van der Waals surface area contributed by atoms with Crippen LogP contribution in [0.5, 0.6) is 11.5 Å². The highest BCUT2D eigenvalue weighted by Gasteiger charge is 2.30. The van der Waals surface area contributed by atoms with E-state index in [4.69, 9.17) is 9.47 Å². The Bertz CT molecular complexity index is 745. The summed E-state index contributed by atoms with van der Waals surface area (Å²) < 4.78 is 11.9. The van der Waals surface area contributed by atoms with E-state index in [9.17, 15) is 4.79 Å². The van der Waals surface area contributed by atoms with Crippen LogP contribution in [-0.4, -0.2) is 19.6 Å². The van der Waals surface area contributed by atoms with E-state index in [0.717, 1.165) is 21.3 Å². The number of hydrogen-bond acceptors (Lipinski definition) is 3. The molecule has 1 N–H and O–H groups in total. The topological polar surface area (TPSA) is 47.6 Å². The molecule has 0 fully saturated rings. The summed E-state index contributed by atoms with van der Waals surface area (Å²) >= 11 is 3.53. The van der Waals surface area contributed by atoms with Crippen molar-refractivity contribution in [3.63, 3.8) is 0 Å². The predicted octanol–water partition coefficient (Wildman–Crippen LogP) is 4.13. The van der Waals surface area contributed by atoms with E-state index in [1.54, 1.807) is 7.11 Å². The summed E-state index contributed by atoms with van der Waals surface area (Å²) in [7, 11) is 1.62. The number of anilines is 1. The monoisotopic (exact) mass is 375 g/mol. The molecule has 2 aromatic rings. The van der Waals surface area contributed by atoms with Gasteiger partial charge < -0.3 is 14.8 Å². The summed E-state index contributed by atoms with van der Waals surface area (Å²) in [6.07, 6.45) is 0.615. The number of benzene rings is 2. The lowest BCUT2D eigenvalue weighted by atomic mass is 9.93. The van der Waals surface area contributed by atoms with Gasteiger partial charge in [-0.2, -0.15) is 0 Å². The molecule has 0 spiro atoms. The molecule has 0 saturated heterocycles. The van der Waals surface area contributed by atoms with Crippen LogP contribution in [0.2, 0.25) is 0 Å². The zero-order chi connectivity index (χ0) is 16.4. The Morgan fingerprint density at radius 3 is 2.78 bits per heavy atom. The molecular formula is C18H18BrNO3. The van der Waals surface area contributed by atoms with Gasteiger partial charge in [-0.1, -0.05) is 18.2 Å². The maximum Gasteiger partial charge on any atom is 0.232 e. The Balaban J connectivity index is 1.92. The third-order valence-corrected chi connectivity index (χ3v) is 4.52. The van der Waals surface area contributed by atoms with Gasteiger partial charge >= 0.3 is 0 Å². The molecule has 5 heteroatoms. The lowest BCUT2D eigenvalue weighted by Crippen LogP contribution is -2.14. The summed E-state index contributed by atoms with van der Waals surface area (Å²) in [5, 5.41) is 2.94. The standard InChI is InChI=1S/C18H18BrNO3/c1-3-23-17-14(19)9-11(10-16(17)22-2)8-13-12-6-4-5-7-15(12)20-18(13)21/h4-7,9-10,13H,3,8H2,1-2H3,(H,20,21)/t13-/m1/s1. The Kier molecular flexibility index (Phi) is 4.57. The number of halogens is 1. The minimum Gasteiger partial charge on any atom is -0.493 e. The Hall–Kier alpha value is -2.01. The van der Waals surface area contributed by atoms with E-state index >= 15 is 0 Å². The highest BCUT2D eigenvalue weighted by Crippen LogP contribution is 2.40. The van der Waals surface area contributed by atoms with Gasteiger partial charge in [-0.3, -0.25) is 4.79 Å². The third-order valence-electron chi connectivity index (χ3n) is 3.93. The number of fused-ring (bicyclic) bond motifs is 1. The SMILES string of the molecule is CCOc1c(Br)cc(C[C@H]2C(=O)Nc3ccccc32)cc1OC. The number of para-hydroxylation sites is 1. The van der Waals surface area contributed by atoms with Gasteiger partial charge in [-0.15, -0.1) is 0 Å². The van der Waals surface area contributed by atoms with Crippen LogP contribution in [0.1, 0.15) is 24.0 Å². The first-order valence-corrected chi connectivity index (χ1v) is 8.32. The summed E-state index contributed by atoms with van der Waals surface area (Å²) in [5.41, 5.74) is 2.97. The van der Waals surface area contributed by atoms with Crippen molar-refractivity contribution in [1.29, 1.82) is 0 Å². The van der Waals surface area contributed by atoms with Crippen LogP contribution in [0.4, 0.5) is 5.69 Å². The quantitative estimate of drug-likeness (QED) is 0.854. The molecule has 0 saturated carbocycles. The second-order valence-corrected chi connectivity index (χ2v) is 6.23. The predicted molar refractivity (Wildman–Crippen MR) is 93.4 cm³/mol. The number of methoxy groups -OCH3 is 1. The number of carbonyl (C=O) groups excluding carboxylic acids is 1. The molecule has 1 amide bonds. The van der Waals surface area contributed by atoms with E-state index < -0.39 is 0 Å². The van der Waals surface area contributed by atoms with Crippen molar-refractivity contribution in [1.82, 2.24) is 0 Å². The summed E-state index contributed by atoms with van der Waals surface area (Å²) in [6, 6.07) is 11.7. The van der Waals surface area contributed by atoms with Gasteiger partial charge in [-0.25, -0.2) is 0 Å². The Morgan fingerprint density at radius 2 is 2.04 bits per heavy atom. The van der Waals surface area contributed by atoms with Crippen LogP contribution in [0.3, 0.4) is 0 Å². The lowest BCUT2D eigenvalue weighted by Gasteiger charge is -2.15. The van der Waals surface area contributed by atoms with Crippen LogP contribution in [-0.2, 0) is 11.2 Å². The fourth-order valence-electron chi connectivity index (χ4n) is 2.89. The number of hydrogen-bond donors (Lipinski definition) is 1. The molecule has 1 aliphatic rings. The number of amides is 1. The third kappa shape index (κ3) is 3.06. The zero-order valence-electron chi connectivity index (χ0n) is 13.1. The lowest BCUT2D eigenvalue weighted by molar-refractivity contribution is -0.117. The Labute approximate surface area is 143 Å². The van der Waals surface area contributed by atoms with Gasteiger partial charge in [-0.05, 0) is 58.6 Å². The molecule has 4 nitrogen and oxygen atoms in total. The first kappa shape index (κ1) is 15.9. The van der Waals surface area contributed by atoms with E-state index in [-0.39, 0.29) is 11.8 Å². The molecule has 1 atom stereocenters. The first-order chi connectivity index (χ1) is 11.1. The van der Waals surface area contributed by atoms with Crippen LogP contribution in [0.15, 0.2) is 40.9 Å². The van der Waals surface area contributed by atoms with Crippen LogP contribution in [0.25, 0.3) is 0 Å². The van der Waals surface area contributed by atoms with Gasteiger partial charge in [0.05, 0.1) is 24.1 Å². The van der Waals surface area contributed by atoms with Crippen molar-refractivity contribution in [2.45, 2.75) is 19.3 Å². The fourth-order valence-corrected chi connectivity index (χ4v) is 3.49. The number of ether oxygens (including phenoxy) is 2. The number of rotatable bonds is 5. The first-order valence-electron chi connectivity index (χ1n) is 7.53. The van der Waals surface area contributed by atoms with Gasteiger partial charge in [0.15, 0.2) is 11.5 Å². The molecular weight excluding hydrogens is 358 g/mol. The largest absolute Gasteiger partial charge is 0.493 e. The average molecular weight is 376 g/mol. The molecule has 1 aliphatic heterocycles. The Morgan fingerprint density at radius 1 is 1.26 bits per heavy atom. The molecule has 0 bridgehead atoms. The van der Waals surface area contributed by atoms with Crippen LogP contribution in [0, 0.1) is 0 Å². The van der Waals surface area contributed by atoms with E-state index in [1.165, 1.54) is 0 Å². The van der Waals surface area contributed by atoms with Crippen molar-refractivity contribution in [3.05, 3.63) is 52.0 Å². The van der Waals surface area contributed by atoms with E-state index in [1.807, 2.05) is 43.3 Å². The maximum absolute atomic E-state index is 12.3. The molecule has 0 radical (unpaired) electrons. The fraction of sp³-hybridized carbons (Fsp3) is 0.278. The molecule has 23 heavy (non-hydrogen) atoms. The highest BCUT2D eigenvalue weighted by molar-refractivity contribution is 9.10. The van der Waals surface area contributed by atoms with Crippen LogP contribution >= 0.6 is 15.9 Å². The summed E-state index contributed by atoms with van der Waals surface area (Å²) in [4.78, 5) is 12.3. The zero-order valence-corrected chi connectivity index (χ0v) is 14.6. The maximum atomic E-state index is 12.3. The number of carbonyl (C=O) groups is 1. The van der Waals surface area contributed by atoms with Crippen molar-refractivity contribution < 1.29 is 14.3 Å². The smallest absolute Gasteiger partial charge is 0.232 e. The number of nitrogens with one attached hydrogen (secondary N) is 1. The van der Waals surface area contributed by atoms with Gasteiger partial charge in [0.25, 0.3) is 0 Å². The van der Waals surface area contributed by atoms with Gasteiger partial charge in [0.1, 0.15) is 0 Å². The normalized spacial score (nSPS) is 16.0. The average Bonchev–Trinajstić information content (AvgIpc) is 2.86. The molecule has 0 aliphatic carbocycles. The highest BCUT2D eigenvalue weighted by atomic mass is 79.9. The second-order valence-electron chi connectivity index (χ2n) is 5.38. The second kappa shape index (κ2) is 6.62.